The minimum Gasteiger partial charge on any atom is -0.378 e. The van der Waals surface area contributed by atoms with E-state index >= 15 is 0 Å². The Balaban J connectivity index is 1.70. The second-order valence-corrected chi connectivity index (χ2v) is 5.93. The van der Waals surface area contributed by atoms with Crippen molar-refractivity contribution in [2.45, 2.75) is 0 Å². The van der Waals surface area contributed by atoms with Crippen molar-refractivity contribution in [2.75, 3.05) is 36.5 Å². The van der Waals surface area contributed by atoms with Crippen LogP contribution >= 0.6 is 11.3 Å². The van der Waals surface area contributed by atoms with Gasteiger partial charge in [0.15, 0.2) is 0 Å². The van der Waals surface area contributed by atoms with Crippen LogP contribution in [0.3, 0.4) is 0 Å². The van der Waals surface area contributed by atoms with Gasteiger partial charge in [0.2, 0.25) is 5.91 Å². The fraction of sp³-hybridized carbons (Fsp3) is 0.235. The first-order valence-electron chi connectivity index (χ1n) is 7.27. The van der Waals surface area contributed by atoms with Gasteiger partial charge < -0.3 is 15.0 Å². The van der Waals surface area contributed by atoms with E-state index in [0.717, 1.165) is 42.6 Å². The number of rotatable bonds is 4. The molecule has 0 saturated carbocycles. The van der Waals surface area contributed by atoms with Crippen molar-refractivity contribution in [3.8, 4) is 0 Å². The van der Waals surface area contributed by atoms with Gasteiger partial charge >= 0.3 is 0 Å². The minimum absolute atomic E-state index is 0.117. The lowest BCUT2D eigenvalue weighted by atomic mass is 10.2. The van der Waals surface area contributed by atoms with Crippen LogP contribution in [0.5, 0.6) is 0 Å². The van der Waals surface area contributed by atoms with Gasteiger partial charge in [-0.05, 0) is 29.7 Å². The standard InChI is InChI=1S/C17H18N2O2S/c20-17(8-7-14-4-3-13-22-14)18-15-5-1-2-6-16(15)19-9-11-21-12-10-19/h1-8,13H,9-12H2,(H,18,20)/b8-7+. The zero-order chi connectivity index (χ0) is 15.2. The van der Waals surface area contributed by atoms with E-state index in [0.29, 0.717) is 0 Å². The van der Waals surface area contributed by atoms with Gasteiger partial charge in [-0.2, -0.15) is 0 Å². The summed E-state index contributed by atoms with van der Waals surface area (Å²) in [5, 5.41) is 4.96. The number of carbonyl (C=O) groups is 1. The number of morpholine rings is 1. The Hall–Kier alpha value is -2.11. The van der Waals surface area contributed by atoms with Crippen LogP contribution in [0.4, 0.5) is 11.4 Å². The normalized spacial score (nSPS) is 15.2. The Bertz CT molecular complexity index is 646. The Labute approximate surface area is 134 Å². The van der Waals surface area contributed by atoms with E-state index in [-0.39, 0.29) is 5.91 Å². The van der Waals surface area contributed by atoms with Gasteiger partial charge in [0.1, 0.15) is 0 Å². The van der Waals surface area contributed by atoms with Crippen LogP contribution in [-0.2, 0) is 9.53 Å². The predicted octanol–water partition coefficient (Wildman–Crippen LogP) is 3.24. The third kappa shape index (κ3) is 3.75. The number of ether oxygens (including phenoxy) is 1. The summed E-state index contributed by atoms with van der Waals surface area (Å²) in [6, 6.07) is 11.8. The van der Waals surface area contributed by atoms with Crippen molar-refractivity contribution in [1.29, 1.82) is 0 Å². The van der Waals surface area contributed by atoms with Crippen LogP contribution in [-0.4, -0.2) is 32.2 Å². The van der Waals surface area contributed by atoms with Gasteiger partial charge in [0.05, 0.1) is 24.6 Å². The zero-order valence-corrected chi connectivity index (χ0v) is 13.0. The summed E-state index contributed by atoms with van der Waals surface area (Å²) >= 11 is 1.61. The third-order valence-corrected chi connectivity index (χ3v) is 4.29. The molecule has 0 atom stereocenters. The molecule has 0 radical (unpaired) electrons. The SMILES string of the molecule is O=C(/C=C/c1cccs1)Nc1ccccc1N1CCOCC1. The highest BCUT2D eigenvalue weighted by Crippen LogP contribution is 2.26. The summed E-state index contributed by atoms with van der Waals surface area (Å²) in [6.45, 7) is 3.14. The number of benzene rings is 1. The van der Waals surface area contributed by atoms with Gasteiger partial charge in [-0.1, -0.05) is 18.2 Å². The van der Waals surface area contributed by atoms with E-state index in [4.69, 9.17) is 4.74 Å². The van der Waals surface area contributed by atoms with Crippen LogP contribution in [0.15, 0.2) is 47.9 Å². The molecule has 2 heterocycles. The molecule has 1 N–H and O–H groups in total. The maximum absolute atomic E-state index is 12.1. The maximum Gasteiger partial charge on any atom is 0.248 e. The fourth-order valence-electron chi connectivity index (χ4n) is 2.38. The predicted molar refractivity (Wildman–Crippen MR) is 91.5 cm³/mol. The maximum atomic E-state index is 12.1. The Morgan fingerprint density at radius 1 is 1.18 bits per heavy atom. The zero-order valence-electron chi connectivity index (χ0n) is 12.2. The molecule has 1 aromatic carbocycles. The molecular weight excluding hydrogens is 296 g/mol. The molecule has 1 fully saturated rings. The lowest BCUT2D eigenvalue weighted by molar-refractivity contribution is -0.111. The Morgan fingerprint density at radius 2 is 2.00 bits per heavy atom. The van der Waals surface area contributed by atoms with Crippen LogP contribution in [0, 0.1) is 0 Å². The Kier molecular flexibility index (Phi) is 4.88. The third-order valence-electron chi connectivity index (χ3n) is 3.46. The highest BCUT2D eigenvalue weighted by molar-refractivity contribution is 7.10. The summed E-state index contributed by atoms with van der Waals surface area (Å²) in [5.41, 5.74) is 1.88. The van der Waals surface area contributed by atoms with Gasteiger partial charge in [0.25, 0.3) is 0 Å². The topological polar surface area (TPSA) is 41.6 Å². The number of hydrogen-bond acceptors (Lipinski definition) is 4. The van der Waals surface area contributed by atoms with Gasteiger partial charge in [-0.25, -0.2) is 0 Å². The molecular formula is C17H18N2O2S. The number of nitrogens with zero attached hydrogens (tertiary/aromatic N) is 1. The number of hydrogen-bond donors (Lipinski definition) is 1. The van der Waals surface area contributed by atoms with Crippen molar-refractivity contribution in [1.82, 2.24) is 0 Å². The molecule has 1 aromatic heterocycles. The van der Waals surface area contributed by atoms with Crippen LogP contribution in [0.25, 0.3) is 6.08 Å². The van der Waals surface area contributed by atoms with E-state index < -0.39 is 0 Å². The quantitative estimate of drug-likeness (QED) is 0.881. The average molecular weight is 314 g/mol. The Morgan fingerprint density at radius 3 is 2.77 bits per heavy atom. The van der Waals surface area contributed by atoms with Crippen molar-refractivity contribution in [3.63, 3.8) is 0 Å². The highest BCUT2D eigenvalue weighted by Gasteiger charge is 2.14. The van der Waals surface area contributed by atoms with Crippen LogP contribution in [0.2, 0.25) is 0 Å². The largest absolute Gasteiger partial charge is 0.378 e. The van der Waals surface area contributed by atoms with E-state index in [1.807, 2.05) is 47.9 Å². The number of thiophene rings is 1. The molecule has 0 spiro atoms. The summed E-state index contributed by atoms with van der Waals surface area (Å²) in [4.78, 5) is 15.4. The monoisotopic (exact) mass is 314 g/mol. The lowest BCUT2D eigenvalue weighted by Gasteiger charge is -2.30. The first-order chi connectivity index (χ1) is 10.8. The molecule has 22 heavy (non-hydrogen) atoms. The summed E-state index contributed by atoms with van der Waals surface area (Å²) in [6.07, 6.45) is 3.40. The van der Waals surface area contributed by atoms with Crippen molar-refractivity contribution in [3.05, 3.63) is 52.7 Å². The number of carbonyl (C=O) groups excluding carboxylic acids is 1. The molecule has 4 nitrogen and oxygen atoms in total. The first kappa shape index (κ1) is 14.8. The van der Waals surface area contributed by atoms with Crippen LogP contribution in [0.1, 0.15) is 4.88 Å². The molecule has 0 unspecified atom stereocenters. The molecule has 1 aliphatic rings. The van der Waals surface area contributed by atoms with E-state index in [1.165, 1.54) is 0 Å². The minimum atomic E-state index is -0.117. The number of nitrogens with one attached hydrogen (secondary N) is 1. The van der Waals surface area contributed by atoms with E-state index in [2.05, 4.69) is 10.2 Å². The molecule has 1 aliphatic heterocycles. The van der Waals surface area contributed by atoms with Gasteiger partial charge in [-0.3, -0.25) is 4.79 Å². The fourth-order valence-corrected chi connectivity index (χ4v) is 3.00. The summed E-state index contributed by atoms with van der Waals surface area (Å²) < 4.78 is 5.38. The van der Waals surface area contributed by atoms with E-state index in [9.17, 15) is 4.79 Å². The number of amides is 1. The molecule has 0 bridgehead atoms. The first-order valence-corrected chi connectivity index (χ1v) is 8.15. The molecule has 1 saturated heterocycles. The highest BCUT2D eigenvalue weighted by atomic mass is 32.1. The second kappa shape index (κ2) is 7.24. The molecule has 3 rings (SSSR count). The number of para-hydroxylation sites is 2. The van der Waals surface area contributed by atoms with Crippen molar-refractivity contribution in [2.24, 2.45) is 0 Å². The van der Waals surface area contributed by atoms with Gasteiger partial charge in [0, 0.05) is 24.0 Å². The summed E-state index contributed by atoms with van der Waals surface area (Å²) in [7, 11) is 0. The second-order valence-electron chi connectivity index (χ2n) is 4.95. The molecule has 114 valence electrons. The van der Waals surface area contributed by atoms with Crippen LogP contribution < -0.4 is 10.2 Å². The lowest BCUT2D eigenvalue weighted by Crippen LogP contribution is -2.36. The van der Waals surface area contributed by atoms with Crippen molar-refractivity contribution >= 4 is 34.7 Å². The molecule has 0 aliphatic carbocycles. The van der Waals surface area contributed by atoms with E-state index in [1.54, 1.807) is 17.4 Å². The smallest absolute Gasteiger partial charge is 0.248 e. The van der Waals surface area contributed by atoms with Crippen molar-refractivity contribution < 1.29 is 9.53 Å². The van der Waals surface area contributed by atoms with Gasteiger partial charge in [-0.15, -0.1) is 11.3 Å². The summed E-state index contributed by atoms with van der Waals surface area (Å²) in [5.74, 6) is -0.117. The average Bonchev–Trinajstić information content (AvgIpc) is 3.08. The molecule has 5 heteroatoms. The number of anilines is 2. The molecule has 1 amide bonds. The molecule has 2 aromatic rings.